The van der Waals surface area contributed by atoms with Crippen LogP contribution in [0.25, 0.3) is 0 Å². The van der Waals surface area contributed by atoms with Crippen LogP contribution in [0.1, 0.15) is 78.8 Å². The number of sulfonamides is 1. The molecule has 2 aromatic rings. The lowest BCUT2D eigenvalue weighted by Gasteiger charge is -2.21. The monoisotopic (exact) mass is 515 g/mol. The van der Waals surface area contributed by atoms with Crippen molar-refractivity contribution in [2.75, 3.05) is 6.54 Å². The number of nitrogens with one attached hydrogen (secondary N) is 2. The summed E-state index contributed by atoms with van der Waals surface area (Å²) in [6.45, 7) is 4.39. The second kappa shape index (κ2) is 12.6. The number of amides is 2. The van der Waals surface area contributed by atoms with E-state index in [2.05, 4.69) is 10.3 Å². The molecule has 0 spiro atoms. The number of ether oxygens (including phenoxy) is 1. The van der Waals surface area contributed by atoms with Crippen molar-refractivity contribution in [3.05, 3.63) is 59.4 Å². The highest BCUT2D eigenvalue weighted by Gasteiger charge is 2.22. The van der Waals surface area contributed by atoms with Crippen LogP contribution in [-0.2, 0) is 26.0 Å². The molecule has 0 unspecified atom stereocenters. The van der Waals surface area contributed by atoms with Crippen LogP contribution in [0.2, 0.25) is 0 Å². The zero-order valence-corrected chi connectivity index (χ0v) is 21.5. The van der Waals surface area contributed by atoms with E-state index in [1.54, 1.807) is 12.1 Å². The topological polar surface area (TPSA) is 132 Å². The molecule has 1 aromatic heterocycles. The SMILES string of the molecule is CC(C)CC(=O)NCCc1ccc(S(=O)(=O)NC(=O)c2ccc(C(=O)OC3CCCCC3)nc2)cc1. The van der Waals surface area contributed by atoms with Gasteiger partial charge in [0.25, 0.3) is 15.9 Å². The molecule has 1 aliphatic carbocycles. The van der Waals surface area contributed by atoms with Crippen LogP contribution in [-0.4, -0.2) is 43.8 Å². The fourth-order valence-corrected chi connectivity index (χ4v) is 4.88. The van der Waals surface area contributed by atoms with Crippen molar-refractivity contribution in [2.45, 2.75) is 69.8 Å². The molecule has 0 atom stereocenters. The molecule has 1 aromatic carbocycles. The lowest BCUT2D eigenvalue weighted by molar-refractivity contribution is -0.121. The van der Waals surface area contributed by atoms with Crippen molar-refractivity contribution in [2.24, 2.45) is 5.92 Å². The summed E-state index contributed by atoms with van der Waals surface area (Å²) in [5, 5.41) is 2.83. The third kappa shape index (κ3) is 8.15. The molecule has 1 saturated carbocycles. The van der Waals surface area contributed by atoms with Crippen molar-refractivity contribution in [1.82, 2.24) is 15.0 Å². The van der Waals surface area contributed by atoms with Gasteiger partial charge in [-0.1, -0.05) is 32.4 Å². The number of rotatable bonds is 10. The second-order valence-corrected chi connectivity index (χ2v) is 11.1. The van der Waals surface area contributed by atoms with Crippen LogP contribution in [0.4, 0.5) is 0 Å². The van der Waals surface area contributed by atoms with Crippen molar-refractivity contribution in [3.8, 4) is 0 Å². The van der Waals surface area contributed by atoms with E-state index in [-0.39, 0.29) is 34.1 Å². The molecule has 0 saturated heterocycles. The fourth-order valence-electron chi connectivity index (χ4n) is 3.91. The first-order chi connectivity index (χ1) is 17.1. The average molecular weight is 516 g/mol. The summed E-state index contributed by atoms with van der Waals surface area (Å²) in [5.74, 6) is -1.15. The van der Waals surface area contributed by atoms with Crippen molar-refractivity contribution in [1.29, 1.82) is 0 Å². The summed E-state index contributed by atoms with van der Waals surface area (Å²) < 4.78 is 32.8. The van der Waals surface area contributed by atoms with Crippen molar-refractivity contribution >= 4 is 27.8 Å². The first kappa shape index (κ1) is 27.3. The predicted octanol–water partition coefficient (Wildman–Crippen LogP) is 3.39. The normalized spacial score (nSPS) is 14.3. The Morgan fingerprint density at radius 2 is 1.72 bits per heavy atom. The van der Waals surface area contributed by atoms with Crippen LogP contribution in [0, 0.1) is 5.92 Å². The minimum Gasteiger partial charge on any atom is -0.458 e. The van der Waals surface area contributed by atoms with Gasteiger partial charge in [-0.05, 0) is 67.9 Å². The molecule has 0 bridgehead atoms. The summed E-state index contributed by atoms with van der Waals surface area (Å²) >= 11 is 0. The number of carbonyl (C=O) groups excluding carboxylic acids is 3. The quantitative estimate of drug-likeness (QED) is 0.464. The number of carbonyl (C=O) groups is 3. The minimum absolute atomic E-state index is 0.00144. The Balaban J connectivity index is 1.53. The Hall–Kier alpha value is -3.27. The molecule has 1 heterocycles. The third-order valence-corrected chi connectivity index (χ3v) is 7.20. The molecule has 3 rings (SSSR count). The molecule has 194 valence electrons. The number of hydrogen-bond donors (Lipinski definition) is 2. The second-order valence-electron chi connectivity index (χ2n) is 9.37. The first-order valence-corrected chi connectivity index (χ1v) is 13.7. The largest absolute Gasteiger partial charge is 0.458 e. The van der Waals surface area contributed by atoms with E-state index in [1.807, 2.05) is 18.6 Å². The van der Waals surface area contributed by atoms with Crippen molar-refractivity contribution in [3.63, 3.8) is 0 Å². The van der Waals surface area contributed by atoms with Crippen molar-refractivity contribution < 1.29 is 27.5 Å². The maximum absolute atomic E-state index is 12.6. The molecule has 0 radical (unpaired) electrons. The highest BCUT2D eigenvalue weighted by atomic mass is 32.2. The number of aromatic nitrogens is 1. The average Bonchev–Trinajstić information content (AvgIpc) is 2.84. The Morgan fingerprint density at radius 3 is 2.33 bits per heavy atom. The summed E-state index contributed by atoms with van der Waals surface area (Å²) in [6.07, 6.45) is 6.91. The molecule has 2 N–H and O–H groups in total. The molecule has 0 aliphatic heterocycles. The molecule has 2 amide bonds. The molecular formula is C26H33N3O6S. The van der Waals surface area contributed by atoms with Gasteiger partial charge in [-0.25, -0.2) is 22.9 Å². The predicted molar refractivity (Wildman–Crippen MR) is 134 cm³/mol. The molecule has 9 nitrogen and oxygen atoms in total. The van der Waals surface area contributed by atoms with Gasteiger partial charge in [0.1, 0.15) is 11.8 Å². The molecule has 10 heteroatoms. The van der Waals surface area contributed by atoms with Gasteiger partial charge >= 0.3 is 5.97 Å². The first-order valence-electron chi connectivity index (χ1n) is 12.2. The standard InChI is InChI=1S/C26H33N3O6S/c1-18(2)16-24(30)27-15-14-19-8-11-22(12-9-19)36(33,34)29-25(31)20-10-13-23(28-17-20)26(32)35-21-6-4-3-5-7-21/h8-13,17-18,21H,3-7,14-16H2,1-2H3,(H,27,30)(H,29,31). The summed E-state index contributed by atoms with van der Waals surface area (Å²) in [7, 11) is -4.11. The highest BCUT2D eigenvalue weighted by molar-refractivity contribution is 7.90. The number of hydrogen-bond acceptors (Lipinski definition) is 7. The van der Waals surface area contributed by atoms with Crippen LogP contribution in [0.15, 0.2) is 47.5 Å². The lowest BCUT2D eigenvalue weighted by atomic mass is 9.98. The fraction of sp³-hybridized carbons (Fsp3) is 0.462. The Labute approximate surface area is 212 Å². The highest BCUT2D eigenvalue weighted by Crippen LogP contribution is 2.21. The van der Waals surface area contributed by atoms with Crippen LogP contribution in [0.3, 0.4) is 0 Å². The summed E-state index contributed by atoms with van der Waals surface area (Å²) in [5.41, 5.74) is 0.919. The number of benzene rings is 1. The summed E-state index contributed by atoms with van der Waals surface area (Å²) in [4.78, 5) is 40.4. The molecule has 1 aliphatic rings. The van der Waals surface area contributed by atoms with E-state index in [4.69, 9.17) is 4.74 Å². The van der Waals surface area contributed by atoms with Gasteiger partial charge in [-0.3, -0.25) is 9.59 Å². The van der Waals surface area contributed by atoms with E-state index in [9.17, 15) is 22.8 Å². The van der Waals surface area contributed by atoms with Gasteiger partial charge in [-0.15, -0.1) is 0 Å². The Morgan fingerprint density at radius 1 is 1.03 bits per heavy atom. The van der Waals surface area contributed by atoms with Crippen LogP contribution < -0.4 is 10.0 Å². The van der Waals surface area contributed by atoms with Gasteiger partial charge < -0.3 is 10.1 Å². The number of pyridine rings is 1. The van der Waals surface area contributed by atoms with Crippen LogP contribution >= 0.6 is 0 Å². The molecule has 1 fully saturated rings. The van der Waals surface area contributed by atoms with E-state index in [0.29, 0.717) is 19.4 Å². The third-order valence-electron chi connectivity index (χ3n) is 5.85. The van der Waals surface area contributed by atoms with E-state index < -0.39 is 21.9 Å². The van der Waals surface area contributed by atoms with Gasteiger partial charge in [0.15, 0.2) is 0 Å². The number of nitrogens with zero attached hydrogens (tertiary/aromatic N) is 1. The molecule has 36 heavy (non-hydrogen) atoms. The van der Waals surface area contributed by atoms with Gasteiger partial charge in [-0.2, -0.15) is 0 Å². The van der Waals surface area contributed by atoms with Gasteiger partial charge in [0.05, 0.1) is 10.5 Å². The Bertz CT molecular complexity index is 1160. The van der Waals surface area contributed by atoms with E-state index >= 15 is 0 Å². The zero-order valence-electron chi connectivity index (χ0n) is 20.7. The molecular weight excluding hydrogens is 482 g/mol. The van der Waals surface area contributed by atoms with E-state index in [0.717, 1.165) is 43.9 Å². The van der Waals surface area contributed by atoms with Crippen LogP contribution in [0.5, 0.6) is 0 Å². The minimum atomic E-state index is -4.11. The van der Waals surface area contributed by atoms with E-state index in [1.165, 1.54) is 24.3 Å². The number of esters is 1. The van der Waals surface area contributed by atoms with Gasteiger partial charge in [0.2, 0.25) is 5.91 Å². The smallest absolute Gasteiger partial charge is 0.357 e. The van der Waals surface area contributed by atoms with Gasteiger partial charge in [0, 0.05) is 19.2 Å². The lowest BCUT2D eigenvalue weighted by Crippen LogP contribution is -2.30. The maximum atomic E-state index is 12.6. The zero-order chi connectivity index (χ0) is 26.1. The Kier molecular flexibility index (Phi) is 9.58. The maximum Gasteiger partial charge on any atom is 0.357 e. The summed E-state index contributed by atoms with van der Waals surface area (Å²) in [6, 6.07) is 8.78.